The third-order valence-corrected chi connectivity index (χ3v) is 4.94. The molecule has 0 aromatic carbocycles. The van der Waals surface area contributed by atoms with E-state index in [-0.39, 0.29) is 12.5 Å². The Labute approximate surface area is 148 Å². The molecule has 1 unspecified atom stereocenters. The molecule has 0 N–H and O–H groups in total. The molecular weight excluding hydrogens is 325 g/mol. The third-order valence-electron chi connectivity index (χ3n) is 4.94. The Kier molecular flexibility index (Phi) is 6.42. The van der Waals surface area contributed by atoms with Crippen molar-refractivity contribution in [2.24, 2.45) is 10.9 Å². The van der Waals surface area contributed by atoms with Crippen LogP contribution < -0.4 is 0 Å². The number of aromatic nitrogens is 1. The first kappa shape index (κ1) is 19.7. The fourth-order valence-corrected chi connectivity index (χ4v) is 3.09. The number of halogens is 3. The van der Waals surface area contributed by atoms with Crippen LogP contribution in [-0.2, 0) is 0 Å². The lowest BCUT2D eigenvalue weighted by atomic mass is 9.87. The Hall–Kier alpha value is -1.65. The Morgan fingerprint density at radius 3 is 2.40 bits per heavy atom. The number of hydrogen-bond donors (Lipinski definition) is 0. The van der Waals surface area contributed by atoms with Crippen LogP contribution in [0, 0.1) is 5.92 Å². The van der Waals surface area contributed by atoms with Gasteiger partial charge in [-0.2, -0.15) is 13.2 Å². The van der Waals surface area contributed by atoms with Gasteiger partial charge in [-0.1, -0.05) is 33.3 Å². The molecule has 2 heterocycles. The predicted molar refractivity (Wildman–Crippen MR) is 96.2 cm³/mol. The molecule has 1 aliphatic heterocycles. The number of aliphatic imine (C=N–C) groups is 1. The maximum atomic E-state index is 12.8. The maximum Gasteiger partial charge on any atom is 0.432 e. The van der Waals surface area contributed by atoms with E-state index in [0.29, 0.717) is 18.3 Å². The van der Waals surface area contributed by atoms with Crippen LogP contribution in [0.2, 0.25) is 0 Å². The molecule has 0 spiro atoms. The van der Waals surface area contributed by atoms with Crippen LogP contribution in [0.5, 0.6) is 0 Å². The summed E-state index contributed by atoms with van der Waals surface area (Å²) in [6.07, 6.45) is 1.13. The summed E-state index contributed by atoms with van der Waals surface area (Å²) in [5.41, 5.74) is 2.46. The monoisotopic (exact) mass is 352 g/mol. The molecule has 1 aromatic heterocycles. The molecule has 0 saturated heterocycles. The zero-order chi connectivity index (χ0) is 18.6. The van der Waals surface area contributed by atoms with Crippen molar-refractivity contribution < 1.29 is 13.2 Å². The van der Waals surface area contributed by atoms with E-state index >= 15 is 0 Å². The Morgan fingerprint density at radius 1 is 1.08 bits per heavy atom. The summed E-state index contributed by atoms with van der Waals surface area (Å²) >= 11 is 0. The van der Waals surface area contributed by atoms with E-state index in [1.165, 1.54) is 11.6 Å². The summed E-state index contributed by atoms with van der Waals surface area (Å²) in [5, 5.41) is 0. The van der Waals surface area contributed by atoms with Crippen molar-refractivity contribution in [1.82, 2.24) is 4.98 Å². The van der Waals surface area contributed by atoms with E-state index < -0.39 is 11.9 Å². The predicted octanol–water partition coefficient (Wildman–Crippen LogP) is 6.06. The summed E-state index contributed by atoms with van der Waals surface area (Å²) in [4.78, 5) is 8.08. The summed E-state index contributed by atoms with van der Waals surface area (Å²) in [7, 11) is 0. The summed E-state index contributed by atoms with van der Waals surface area (Å²) in [5.74, 6) is 0.880. The van der Waals surface area contributed by atoms with Crippen LogP contribution in [0.1, 0.15) is 70.1 Å². The van der Waals surface area contributed by atoms with Crippen LogP contribution in [0.25, 0.3) is 0 Å². The standard InChI is InChI=1S/C20H27F3N2/c1-13(2)16-7-9-24-18(11-16)15(4)6-5-14(3)17-8-10-25-19(12-17)20(21,22)23/h7,9,11-15H,5-6,8,10H2,1-4H3/t14-,15?/m0/s1. The molecule has 138 valence electrons. The minimum Gasteiger partial charge on any atom is -0.280 e. The molecule has 2 rings (SSSR count). The van der Waals surface area contributed by atoms with Crippen LogP contribution in [0.15, 0.2) is 35.0 Å². The molecule has 0 aliphatic carbocycles. The lowest BCUT2D eigenvalue weighted by Gasteiger charge is -2.22. The fraction of sp³-hybridized carbons (Fsp3) is 0.600. The van der Waals surface area contributed by atoms with Crippen LogP contribution in [0.4, 0.5) is 13.2 Å². The molecule has 0 saturated carbocycles. The highest BCUT2D eigenvalue weighted by molar-refractivity contribution is 6.00. The molecule has 2 atom stereocenters. The first-order chi connectivity index (χ1) is 11.7. The highest BCUT2D eigenvalue weighted by Crippen LogP contribution is 2.30. The van der Waals surface area contributed by atoms with Crippen LogP contribution >= 0.6 is 0 Å². The summed E-state index contributed by atoms with van der Waals surface area (Å²) in [6.45, 7) is 8.69. The molecule has 5 heteroatoms. The van der Waals surface area contributed by atoms with Crippen LogP contribution in [0.3, 0.4) is 0 Å². The molecule has 0 bridgehead atoms. The van der Waals surface area contributed by atoms with Gasteiger partial charge in [0.05, 0.1) is 0 Å². The van der Waals surface area contributed by atoms with Crippen molar-refractivity contribution in [3.8, 4) is 0 Å². The Morgan fingerprint density at radius 2 is 1.76 bits per heavy atom. The molecule has 0 amide bonds. The number of nitrogens with zero attached hydrogens (tertiary/aromatic N) is 2. The van der Waals surface area contributed by atoms with Gasteiger partial charge < -0.3 is 0 Å². The van der Waals surface area contributed by atoms with Gasteiger partial charge in [0, 0.05) is 18.4 Å². The maximum absolute atomic E-state index is 12.8. The Bertz CT molecular complexity index is 645. The highest BCUT2D eigenvalue weighted by atomic mass is 19.4. The van der Waals surface area contributed by atoms with Gasteiger partial charge >= 0.3 is 6.18 Å². The van der Waals surface area contributed by atoms with E-state index in [0.717, 1.165) is 24.1 Å². The topological polar surface area (TPSA) is 25.2 Å². The lowest BCUT2D eigenvalue weighted by molar-refractivity contribution is -0.0580. The number of alkyl halides is 3. The van der Waals surface area contributed by atoms with Gasteiger partial charge in [0.15, 0.2) is 0 Å². The number of dihydropyridines is 1. The van der Waals surface area contributed by atoms with Gasteiger partial charge in [0.2, 0.25) is 0 Å². The second kappa shape index (κ2) is 8.15. The quantitative estimate of drug-likeness (QED) is 0.611. The lowest BCUT2D eigenvalue weighted by Crippen LogP contribution is -2.25. The summed E-state index contributed by atoms with van der Waals surface area (Å²) in [6, 6.07) is 4.18. The van der Waals surface area contributed by atoms with Gasteiger partial charge in [0.1, 0.15) is 5.71 Å². The van der Waals surface area contributed by atoms with Crippen molar-refractivity contribution in [3.63, 3.8) is 0 Å². The van der Waals surface area contributed by atoms with Gasteiger partial charge in [0.25, 0.3) is 0 Å². The van der Waals surface area contributed by atoms with Crippen molar-refractivity contribution in [2.75, 3.05) is 6.54 Å². The number of pyridine rings is 1. The molecule has 0 radical (unpaired) electrons. The molecule has 1 aromatic rings. The average Bonchev–Trinajstić information content (AvgIpc) is 2.58. The smallest absolute Gasteiger partial charge is 0.280 e. The number of hydrogen-bond acceptors (Lipinski definition) is 2. The van der Waals surface area contributed by atoms with Crippen molar-refractivity contribution in [2.45, 2.75) is 65.0 Å². The molecule has 25 heavy (non-hydrogen) atoms. The molecular formula is C20H27F3N2. The summed E-state index contributed by atoms with van der Waals surface area (Å²) < 4.78 is 38.5. The first-order valence-electron chi connectivity index (χ1n) is 8.96. The minimum absolute atomic E-state index is 0.128. The minimum atomic E-state index is -4.35. The second-order valence-electron chi connectivity index (χ2n) is 7.28. The average molecular weight is 352 g/mol. The van der Waals surface area contributed by atoms with E-state index in [4.69, 9.17) is 0 Å². The Balaban J connectivity index is 1.98. The third kappa shape index (κ3) is 5.41. The normalized spacial score (nSPS) is 17.9. The van der Waals surface area contributed by atoms with E-state index in [9.17, 15) is 13.2 Å². The largest absolute Gasteiger partial charge is 0.432 e. The number of allylic oxidation sites excluding steroid dienone is 1. The molecule has 2 nitrogen and oxygen atoms in total. The fourth-order valence-electron chi connectivity index (χ4n) is 3.09. The zero-order valence-corrected chi connectivity index (χ0v) is 15.4. The number of rotatable bonds is 6. The second-order valence-corrected chi connectivity index (χ2v) is 7.28. The van der Waals surface area contributed by atoms with E-state index in [1.807, 2.05) is 19.2 Å². The van der Waals surface area contributed by atoms with Crippen LogP contribution in [-0.4, -0.2) is 23.4 Å². The van der Waals surface area contributed by atoms with Gasteiger partial charge in [-0.05, 0) is 60.8 Å². The van der Waals surface area contributed by atoms with Gasteiger partial charge in [-0.25, -0.2) is 0 Å². The molecule has 1 aliphatic rings. The highest BCUT2D eigenvalue weighted by Gasteiger charge is 2.35. The van der Waals surface area contributed by atoms with Crippen molar-refractivity contribution in [3.05, 3.63) is 41.2 Å². The first-order valence-corrected chi connectivity index (χ1v) is 8.96. The van der Waals surface area contributed by atoms with E-state index in [1.54, 1.807) is 0 Å². The van der Waals surface area contributed by atoms with Gasteiger partial charge in [-0.3, -0.25) is 9.98 Å². The zero-order valence-electron chi connectivity index (χ0n) is 15.4. The van der Waals surface area contributed by atoms with E-state index in [2.05, 4.69) is 36.8 Å². The van der Waals surface area contributed by atoms with Crippen molar-refractivity contribution >= 4 is 5.71 Å². The van der Waals surface area contributed by atoms with Crippen molar-refractivity contribution in [1.29, 1.82) is 0 Å². The SMILES string of the molecule is CC(C)c1ccnc(C(C)CC[C@H](C)C2=CC(C(F)(F)F)=NCC2)c1. The van der Waals surface area contributed by atoms with Gasteiger partial charge in [-0.15, -0.1) is 0 Å². The molecule has 0 fully saturated rings.